The molecule has 0 radical (unpaired) electrons. The summed E-state index contributed by atoms with van der Waals surface area (Å²) in [5, 5.41) is 12.6. The Bertz CT molecular complexity index is 459. The van der Waals surface area contributed by atoms with E-state index >= 15 is 0 Å². The first-order chi connectivity index (χ1) is 9.30. The fraction of sp³-hybridized carbons (Fsp3) is 0.692. The molecule has 6 nitrogen and oxygen atoms in total. The first-order valence-corrected chi connectivity index (χ1v) is 7.49. The first-order valence-electron chi connectivity index (χ1n) is 6.67. The molecule has 0 aliphatic carbocycles. The molecule has 1 aromatic rings. The lowest BCUT2D eigenvalue weighted by atomic mass is 9.90. The second kappa shape index (κ2) is 6.90. The molecule has 4 N–H and O–H groups in total. The highest BCUT2D eigenvalue weighted by molar-refractivity contribution is 7.18. The molecule has 0 aromatic carbocycles. The van der Waals surface area contributed by atoms with E-state index in [1.807, 2.05) is 32.7 Å². The van der Waals surface area contributed by atoms with E-state index in [4.69, 9.17) is 10.8 Å². The van der Waals surface area contributed by atoms with Gasteiger partial charge in [-0.1, -0.05) is 25.2 Å². The Morgan fingerprint density at radius 1 is 1.55 bits per heavy atom. The Balaban J connectivity index is 2.71. The summed E-state index contributed by atoms with van der Waals surface area (Å²) in [5.74, 6) is 0.0598. The summed E-state index contributed by atoms with van der Waals surface area (Å²) in [6, 6.07) is 0. The third-order valence-corrected chi connectivity index (χ3v) is 4.35. The number of aliphatic hydroxyl groups excluding tert-OH is 1. The zero-order chi connectivity index (χ0) is 15.3. The number of thiazole rings is 1. The number of nitrogens with zero attached hydrogens (tertiary/aromatic N) is 2. The molecule has 1 rings (SSSR count). The molecule has 20 heavy (non-hydrogen) atoms. The number of nitrogens with two attached hydrogens (primary N) is 1. The molecular weight excluding hydrogens is 276 g/mol. The standard InChI is InChI=1S/C13H24N4O2S/c1-5-17(4)12-16-10(14)9(20-12)11(19)15-8-13(2,3)6-7-18/h18H,5-8,14H2,1-4H3,(H,15,19). The number of anilines is 2. The van der Waals surface area contributed by atoms with Gasteiger partial charge in [-0.25, -0.2) is 4.98 Å². The lowest BCUT2D eigenvalue weighted by molar-refractivity contribution is 0.0933. The van der Waals surface area contributed by atoms with Crippen LogP contribution in [-0.4, -0.2) is 42.7 Å². The zero-order valence-electron chi connectivity index (χ0n) is 12.6. The minimum Gasteiger partial charge on any atom is -0.396 e. The Kier molecular flexibility index (Phi) is 5.76. The number of nitrogens with one attached hydrogen (secondary N) is 1. The smallest absolute Gasteiger partial charge is 0.265 e. The molecule has 7 heteroatoms. The van der Waals surface area contributed by atoms with Crippen molar-refractivity contribution < 1.29 is 9.90 Å². The normalized spacial score (nSPS) is 11.4. The van der Waals surface area contributed by atoms with Crippen LogP contribution in [-0.2, 0) is 0 Å². The van der Waals surface area contributed by atoms with Crippen molar-refractivity contribution in [3.05, 3.63) is 4.88 Å². The molecule has 1 amide bonds. The predicted octanol–water partition coefficient (Wildman–Crippen LogP) is 1.32. The van der Waals surface area contributed by atoms with E-state index in [1.165, 1.54) is 11.3 Å². The Labute approximate surface area is 124 Å². The third kappa shape index (κ3) is 4.35. The van der Waals surface area contributed by atoms with Gasteiger partial charge in [0.25, 0.3) is 5.91 Å². The van der Waals surface area contributed by atoms with Gasteiger partial charge in [0.2, 0.25) is 0 Å². The van der Waals surface area contributed by atoms with Crippen molar-refractivity contribution in [2.75, 3.05) is 37.4 Å². The molecule has 1 heterocycles. The number of carbonyl (C=O) groups is 1. The molecule has 0 aliphatic rings. The molecule has 0 atom stereocenters. The highest BCUT2D eigenvalue weighted by Crippen LogP contribution is 2.27. The number of carbonyl (C=O) groups excluding carboxylic acids is 1. The van der Waals surface area contributed by atoms with Crippen molar-refractivity contribution in [1.82, 2.24) is 10.3 Å². The summed E-state index contributed by atoms with van der Waals surface area (Å²) in [6.45, 7) is 7.40. The van der Waals surface area contributed by atoms with E-state index in [-0.39, 0.29) is 23.7 Å². The molecular formula is C13H24N4O2S. The number of aromatic nitrogens is 1. The van der Waals surface area contributed by atoms with E-state index in [0.29, 0.717) is 17.8 Å². The Morgan fingerprint density at radius 2 is 2.20 bits per heavy atom. The molecule has 0 bridgehead atoms. The zero-order valence-corrected chi connectivity index (χ0v) is 13.4. The van der Waals surface area contributed by atoms with Crippen LogP contribution >= 0.6 is 11.3 Å². The van der Waals surface area contributed by atoms with Gasteiger partial charge < -0.3 is 21.1 Å². The van der Waals surface area contributed by atoms with Crippen LogP contribution in [0.2, 0.25) is 0 Å². The fourth-order valence-corrected chi connectivity index (χ4v) is 2.50. The molecule has 0 fully saturated rings. The maximum Gasteiger partial charge on any atom is 0.265 e. The predicted molar refractivity (Wildman–Crippen MR) is 83.3 cm³/mol. The molecule has 0 saturated heterocycles. The van der Waals surface area contributed by atoms with Gasteiger partial charge in [0.15, 0.2) is 5.13 Å². The summed E-state index contributed by atoms with van der Waals surface area (Å²) in [6.07, 6.45) is 0.634. The first kappa shape index (κ1) is 16.7. The fourth-order valence-electron chi connectivity index (χ4n) is 1.57. The number of amides is 1. The topological polar surface area (TPSA) is 91.5 Å². The number of hydrogen-bond donors (Lipinski definition) is 3. The highest BCUT2D eigenvalue weighted by atomic mass is 32.1. The largest absolute Gasteiger partial charge is 0.396 e. The van der Waals surface area contributed by atoms with Crippen LogP contribution in [0.1, 0.15) is 36.9 Å². The summed E-state index contributed by atoms with van der Waals surface area (Å²) >= 11 is 1.29. The molecule has 114 valence electrons. The summed E-state index contributed by atoms with van der Waals surface area (Å²) in [5.41, 5.74) is 5.66. The second-order valence-corrected chi connectivity index (χ2v) is 6.52. The monoisotopic (exact) mass is 300 g/mol. The highest BCUT2D eigenvalue weighted by Gasteiger charge is 2.22. The van der Waals surface area contributed by atoms with Crippen LogP contribution in [0, 0.1) is 5.41 Å². The quantitative estimate of drug-likeness (QED) is 0.706. The summed E-state index contributed by atoms with van der Waals surface area (Å²) in [7, 11) is 1.91. The maximum atomic E-state index is 12.1. The number of nitrogen functional groups attached to an aromatic ring is 1. The Hall–Kier alpha value is -1.34. The van der Waals surface area contributed by atoms with E-state index < -0.39 is 0 Å². The minimum atomic E-state index is -0.207. The van der Waals surface area contributed by atoms with Crippen molar-refractivity contribution in [2.45, 2.75) is 27.2 Å². The van der Waals surface area contributed by atoms with E-state index in [1.54, 1.807) is 0 Å². The van der Waals surface area contributed by atoms with Crippen LogP contribution in [0.3, 0.4) is 0 Å². The van der Waals surface area contributed by atoms with Crippen LogP contribution in [0.15, 0.2) is 0 Å². The number of rotatable bonds is 7. The van der Waals surface area contributed by atoms with Gasteiger partial charge in [-0.3, -0.25) is 4.79 Å². The maximum absolute atomic E-state index is 12.1. The van der Waals surface area contributed by atoms with Gasteiger partial charge in [-0.2, -0.15) is 0 Å². The van der Waals surface area contributed by atoms with Crippen molar-refractivity contribution >= 4 is 28.2 Å². The molecule has 0 saturated carbocycles. The van der Waals surface area contributed by atoms with E-state index in [9.17, 15) is 4.79 Å². The summed E-state index contributed by atoms with van der Waals surface area (Å²) < 4.78 is 0. The number of aliphatic hydroxyl groups is 1. The molecule has 1 aromatic heterocycles. The van der Waals surface area contributed by atoms with Gasteiger partial charge in [-0.15, -0.1) is 0 Å². The van der Waals surface area contributed by atoms with Gasteiger partial charge in [0, 0.05) is 26.7 Å². The average molecular weight is 300 g/mol. The second-order valence-electron chi connectivity index (χ2n) is 5.55. The van der Waals surface area contributed by atoms with Gasteiger partial charge >= 0.3 is 0 Å². The van der Waals surface area contributed by atoms with Crippen LogP contribution in [0.4, 0.5) is 10.9 Å². The van der Waals surface area contributed by atoms with Crippen molar-refractivity contribution in [3.63, 3.8) is 0 Å². The minimum absolute atomic E-state index is 0.108. The molecule has 0 unspecified atom stereocenters. The van der Waals surface area contributed by atoms with Crippen LogP contribution < -0.4 is 16.0 Å². The van der Waals surface area contributed by atoms with Crippen molar-refractivity contribution in [1.29, 1.82) is 0 Å². The van der Waals surface area contributed by atoms with Gasteiger partial charge in [0.1, 0.15) is 10.7 Å². The van der Waals surface area contributed by atoms with E-state index in [2.05, 4.69) is 10.3 Å². The van der Waals surface area contributed by atoms with Crippen LogP contribution in [0.5, 0.6) is 0 Å². The average Bonchev–Trinajstić information content (AvgIpc) is 2.77. The Morgan fingerprint density at radius 3 is 2.75 bits per heavy atom. The van der Waals surface area contributed by atoms with Gasteiger partial charge in [0.05, 0.1) is 0 Å². The van der Waals surface area contributed by atoms with Crippen molar-refractivity contribution in [2.24, 2.45) is 5.41 Å². The lowest BCUT2D eigenvalue weighted by Gasteiger charge is -2.23. The summed E-state index contributed by atoms with van der Waals surface area (Å²) in [4.78, 5) is 18.7. The SMILES string of the molecule is CCN(C)c1nc(N)c(C(=O)NCC(C)(C)CCO)s1. The van der Waals surface area contributed by atoms with Crippen molar-refractivity contribution in [3.8, 4) is 0 Å². The molecule has 0 aliphatic heterocycles. The third-order valence-electron chi connectivity index (χ3n) is 3.17. The number of hydrogen-bond acceptors (Lipinski definition) is 6. The van der Waals surface area contributed by atoms with Gasteiger partial charge in [-0.05, 0) is 18.8 Å². The lowest BCUT2D eigenvalue weighted by Crippen LogP contribution is -2.34. The molecule has 0 spiro atoms. The van der Waals surface area contributed by atoms with Crippen LogP contribution in [0.25, 0.3) is 0 Å². The van der Waals surface area contributed by atoms with E-state index in [0.717, 1.165) is 11.7 Å².